The summed E-state index contributed by atoms with van der Waals surface area (Å²) in [6.45, 7) is 2.04. The monoisotopic (exact) mass is 472 g/mol. The Bertz CT molecular complexity index is 1390. The molecule has 0 unspecified atom stereocenters. The van der Waals surface area contributed by atoms with Crippen LogP contribution in [0.2, 0.25) is 0 Å². The van der Waals surface area contributed by atoms with Gasteiger partial charge in [-0.15, -0.1) is 0 Å². The molecule has 182 valence electrons. The van der Waals surface area contributed by atoms with Crippen LogP contribution in [0.3, 0.4) is 0 Å². The van der Waals surface area contributed by atoms with Crippen LogP contribution in [-0.2, 0) is 34.7 Å². The zero-order valence-corrected chi connectivity index (χ0v) is 20.3. The van der Waals surface area contributed by atoms with Crippen molar-refractivity contribution in [3.63, 3.8) is 0 Å². The molecular weight excluding hydrogens is 440 g/mol. The molecule has 0 amide bonds. The van der Waals surface area contributed by atoms with Crippen molar-refractivity contribution >= 4 is 16.9 Å². The number of nitrogens with zero attached hydrogens (tertiary/aromatic N) is 2. The molecule has 1 atom stereocenters. The van der Waals surface area contributed by atoms with Gasteiger partial charge >= 0.3 is 5.97 Å². The van der Waals surface area contributed by atoms with E-state index in [9.17, 15) is 14.7 Å². The van der Waals surface area contributed by atoms with E-state index >= 15 is 0 Å². The Morgan fingerprint density at radius 1 is 1.14 bits per heavy atom. The first-order valence-corrected chi connectivity index (χ1v) is 13.1. The number of ether oxygens (including phenoxy) is 1. The van der Waals surface area contributed by atoms with Gasteiger partial charge in [-0.25, -0.2) is 9.78 Å². The van der Waals surface area contributed by atoms with E-state index in [4.69, 9.17) is 9.72 Å². The number of carbonyl (C=O) groups excluding carboxylic acids is 1. The molecular formula is C29H32N2O4. The number of hydrogen-bond donors (Lipinski definition) is 1. The van der Waals surface area contributed by atoms with Gasteiger partial charge in [0.2, 0.25) is 0 Å². The minimum atomic E-state index is -1.80. The highest BCUT2D eigenvalue weighted by Crippen LogP contribution is 2.38. The summed E-state index contributed by atoms with van der Waals surface area (Å²) >= 11 is 0. The molecule has 0 saturated heterocycles. The van der Waals surface area contributed by atoms with Crippen LogP contribution < -0.4 is 5.56 Å². The van der Waals surface area contributed by atoms with E-state index in [0.29, 0.717) is 23.4 Å². The maximum Gasteiger partial charge on any atom is 0.343 e. The number of cyclic esters (lactones) is 1. The summed E-state index contributed by atoms with van der Waals surface area (Å²) in [5.74, 6) is 0.209. The summed E-state index contributed by atoms with van der Waals surface area (Å²) in [5.41, 5.74) is 3.32. The normalized spacial score (nSPS) is 21.5. The smallest absolute Gasteiger partial charge is 0.343 e. The molecule has 35 heavy (non-hydrogen) atoms. The first kappa shape index (κ1) is 22.5. The number of fused-ring (bicyclic) bond motifs is 5. The van der Waals surface area contributed by atoms with E-state index in [-0.39, 0.29) is 18.6 Å². The molecule has 2 aromatic heterocycles. The predicted molar refractivity (Wildman–Crippen MR) is 134 cm³/mol. The zero-order valence-electron chi connectivity index (χ0n) is 20.3. The van der Waals surface area contributed by atoms with Crippen LogP contribution in [-0.4, -0.2) is 20.6 Å². The molecule has 4 heterocycles. The molecule has 0 spiro atoms. The number of esters is 1. The number of pyridine rings is 2. The van der Waals surface area contributed by atoms with Crippen molar-refractivity contribution in [1.82, 2.24) is 9.55 Å². The average molecular weight is 473 g/mol. The summed E-state index contributed by atoms with van der Waals surface area (Å²) in [6.07, 6.45) is 10.8. The highest BCUT2D eigenvalue weighted by Gasteiger charge is 2.45. The van der Waals surface area contributed by atoms with Gasteiger partial charge in [0.05, 0.1) is 29.0 Å². The predicted octanol–water partition coefficient (Wildman–Crippen LogP) is 4.98. The van der Waals surface area contributed by atoms with E-state index in [0.717, 1.165) is 34.5 Å². The molecule has 1 N–H and O–H groups in total. The molecule has 1 saturated carbocycles. The van der Waals surface area contributed by atoms with Crippen molar-refractivity contribution in [3.05, 3.63) is 62.9 Å². The fourth-order valence-electron chi connectivity index (χ4n) is 6.26. The Balaban J connectivity index is 1.31. The minimum absolute atomic E-state index is 0.106. The third kappa shape index (κ3) is 3.70. The Kier molecular flexibility index (Phi) is 5.52. The summed E-state index contributed by atoms with van der Waals surface area (Å²) < 4.78 is 6.85. The molecule has 1 fully saturated rings. The lowest BCUT2D eigenvalue weighted by atomic mass is 9.85. The summed E-state index contributed by atoms with van der Waals surface area (Å²) in [5, 5.41) is 12.1. The van der Waals surface area contributed by atoms with Crippen LogP contribution in [0.15, 0.2) is 35.1 Å². The molecule has 1 aromatic carbocycles. The molecule has 3 aliphatic rings. The molecule has 0 bridgehead atoms. The summed E-state index contributed by atoms with van der Waals surface area (Å²) in [6, 6.07) is 10.4. The molecule has 3 aromatic rings. The quantitative estimate of drug-likeness (QED) is 0.414. The van der Waals surface area contributed by atoms with Crippen molar-refractivity contribution in [2.45, 2.75) is 83.5 Å². The van der Waals surface area contributed by atoms with Crippen LogP contribution in [0, 0.1) is 5.92 Å². The number of hydrogen-bond acceptors (Lipinski definition) is 5. The fourth-order valence-corrected chi connectivity index (χ4v) is 6.26. The number of benzene rings is 1. The largest absolute Gasteiger partial charge is 0.458 e. The fraction of sp³-hybridized carbons (Fsp3) is 0.483. The Labute approximate surface area is 205 Å². The van der Waals surface area contributed by atoms with Gasteiger partial charge in [-0.1, -0.05) is 51.5 Å². The van der Waals surface area contributed by atoms with Gasteiger partial charge in [-0.2, -0.15) is 0 Å². The van der Waals surface area contributed by atoms with Gasteiger partial charge in [0.25, 0.3) is 5.56 Å². The van der Waals surface area contributed by atoms with E-state index in [2.05, 4.69) is 24.3 Å². The first-order chi connectivity index (χ1) is 17.0. The number of carbonyl (C=O) groups is 1. The van der Waals surface area contributed by atoms with Crippen molar-refractivity contribution in [2.75, 3.05) is 0 Å². The third-order valence-electron chi connectivity index (χ3n) is 8.37. The molecule has 2 aliphatic heterocycles. The number of aromatic nitrogens is 2. The lowest BCUT2D eigenvalue weighted by Gasteiger charge is -2.31. The van der Waals surface area contributed by atoms with Crippen LogP contribution in [0.4, 0.5) is 0 Å². The Hall–Kier alpha value is -2.99. The SMILES string of the molecule is CC[C@@]1(O)C(=O)OCc2c1cc1n(c2=O)Cc2cc3cc(CCCC4CCCCC4)ccc3nc2-1. The second-order valence-electron chi connectivity index (χ2n) is 10.5. The second-order valence-corrected chi connectivity index (χ2v) is 10.5. The van der Waals surface area contributed by atoms with Gasteiger partial charge in [0.15, 0.2) is 5.60 Å². The standard InChI is InChI=1S/C29H32N2O4/c1-2-29(34)23-15-25-26-21(16-31(25)27(32)22(23)17-35-28(29)33)14-20-13-19(11-12-24(20)30-26)10-6-9-18-7-4-3-5-8-18/h11-15,18,34H,2-10,16-17H2,1H3/t29-/m0/s1. The minimum Gasteiger partial charge on any atom is -0.458 e. The highest BCUT2D eigenvalue weighted by molar-refractivity contribution is 5.86. The van der Waals surface area contributed by atoms with Gasteiger partial charge in [0.1, 0.15) is 6.61 Å². The van der Waals surface area contributed by atoms with Crippen molar-refractivity contribution < 1.29 is 14.6 Å². The van der Waals surface area contributed by atoms with Gasteiger partial charge in [-0.3, -0.25) is 4.79 Å². The molecule has 6 nitrogen and oxygen atoms in total. The second kappa shape index (κ2) is 8.59. The average Bonchev–Trinajstić information content (AvgIpc) is 3.23. The van der Waals surface area contributed by atoms with E-state index in [1.54, 1.807) is 17.6 Å². The Morgan fingerprint density at radius 3 is 2.77 bits per heavy atom. The van der Waals surface area contributed by atoms with Crippen LogP contribution >= 0.6 is 0 Å². The maximum absolute atomic E-state index is 13.3. The van der Waals surface area contributed by atoms with Crippen molar-refractivity contribution in [3.8, 4) is 11.4 Å². The molecule has 6 rings (SSSR count). The van der Waals surface area contributed by atoms with Crippen LogP contribution in [0.1, 0.15) is 80.5 Å². The number of aliphatic hydroxyl groups is 1. The van der Waals surface area contributed by atoms with Crippen LogP contribution in [0.25, 0.3) is 22.3 Å². The van der Waals surface area contributed by atoms with Crippen LogP contribution in [0.5, 0.6) is 0 Å². The summed E-state index contributed by atoms with van der Waals surface area (Å²) in [4.78, 5) is 30.6. The van der Waals surface area contributed by atoms with E-state index in [1.165, 1.54) is 50.5 Å². The summed E-state index contributed by atoms with van der Waals surface area (Å²) in [7, 11) is 0. The highest BCUT2D eigenvalue weighted by atomic mass is 16.6. The maximum atomic E-state index is 13.3. The van der Waals surface area contributed by atoms with Gasteiger partial charge in [-0.05, 0) is 55.0 Å². The number of rotatable bonds is 5. The molecule has 0 radical (unpaired) electrons. The topological polar surface area (TPSA) is 81.4 Å². The van der Waals surface area contributed by atoms with Crippen molar-refractivity contribution in [2.24, 2.45) is 5.92 Å². The van der Waals surface area contributed by atoms with Gasteiger partial charge in [0, 0.05) is 16.5 Å². The Morgan fingerprint density at radius 2 is 1.97 bits per heavy atom. The number of aryl methyl sites for hydroxylation is 1. The first-order valence-electron chi connectivity index (χ1n) is 13.1. The van der Waals surface area contributed by atoms with E-state index < -0.39 is 11.6 Å². The lowest BCUT2D eigenvalue weighted by Crippen LogP contribution is -2.44. The molecule has 6 heteroatoms. The molecule has 1 aliphatic carbocycles. The zero-order chi connectivity index (χ0) is 24.2. The van der Waals surface area contributed by atoms with Crippen molar-refractivity contribution in [1.29, 1.82) is 0 Å². The van der Waals surface area contributed by atoms with E-state index in [1.807, 2.05) is 0 Å². The lowest BCUT2D eigenvalue weighted by molar-refractivity contribution is -0.172. The third-order valence-corrected chi connectivity index (χ3v) is 8.37. The van der Waals surface area contributed by atoms with Gasteiger partial charge < -0.3 is 14.4 Å².